The maximum atomic E-state index is 12.7. The third kappa shape index (κ3) is 2.58. The van der Waals surface area contributed by atoms with Gasteiger partial charge in [-0.1, -0.05) is 0 Å². The highest BCUT2D eigenvalue weighted by Gasteiger charge is 2.60. The molecule has 0 bridgehead atoms. The van der Waals surface area contributed by atoms with Crippen molar-refractivity contribution in [2.75, 3.05) is 20.7 Å². The zero-order valence-electron chi connectivity index (χ0n) is 15.1. The lowest BCUT2D eigenvalue weighted by Gasteiger charge is -2.23. The van der Waals surface area contributed by atoms with Crippen LogP contribution in [0.5, 0.6) is 5.75 Å². The summed E-state index contributed by atoms with van der Waals surface area (Å²) in [6.45, 7) is 0.723. The number of methoxy groups -OCH3 is 1. The van der Waals surface area contributed by atoms with Crippen LogP contribution in [0.3, 0.4) is 0 Å². The number of ether oxygens (including phenoxy) is 1. The van der Waals surface area contributed by atoms with Crippen molar-refractivity contribution in [1.29, 1.82) is 5.26 Å². The SMILES string of the molecule is COc1ccc(N=N/C(C#N)=C2/[C@H]3C(=O)N(C)C(=O)[C@H]3[C@H]3CCCN23)cc1. The fourth-order valence-electron chi connectivity index (χ4n) is 4.33. The van der Waals surface area contributed by atoms with Gasteiger partial charge in [0.25, 0.3) is 0 Å². The van der Waals surface area contributed by atoms with Gasteiger partial charge in [-0.2, -0.15) is 5.26 Å². The van der Waals surface area contributed by atoms with Gasteiger partial charge >= 0.3 is 0 Å². The normalized spacial score (nSPS) is 28.6. The third-order valence-electron chi connectivity index (χ3n) is 5.58. The molecule has 0 radical (unpaired) electrons. The van der Waals surface area contributed by atoms with Crippen molar-refractivity contribution in [2.24, 2.45) is 22.1 Å². The van der Waals surface area contributed by atoms with Crippen molar-refractivity contribution < 1.29 is 14.3 Å². The molecule has 4 rings (SSSR count). The number of nitrogens with zero attached hydrogens (tertiary/aromatic N) is 5. The Morgan fingerprint density at radius 1 is 1.26 bits per heavy atom. The topological polar surface area (TPSA) is 98.4 Å². The molecule has 8 nitrogen and oxygen atoms in total. The van der Waals surface area contributed by atoms with E-state index < -0.39 is 11.8 Å². The largest absolute Gasteiger partial charge is 0.497 e. The molecule has 138 valence electrons. The highest BCUT2D eigenvalue weighted by Crippen LogP contribution is 2.49. The Kier molecular flexibility index (Phi) is 4.15. The minimum atomic E-state index is -0.628. The molecular weight excluding hydrogens is 346 g/mol. The first-order valence-corrected chi connectivity index (χ1v) is 8.85. The molecule has 27 heavy (non-hydrogen) atoms. The van der Waals surface area contributed by atoms with E-state index in [4.69, 9.17) is 4.74 Å². The van der Waals surface area contributed by atoms with Crippen LogP contribution >= 0.6 is 0 Å². The first-order valence-electron chi connectivity index (χ1n) is 8.85. The summed E-state index contributed by atoms with van der Waals surface area (Å²) in [5.74, 6) is -0.774. The highest BCUT2D eigenvalue weighted by atomic mass is 16.5. The maximum absolute atomic E-state index is 12.7. The second-order valence-corrected chi connectivity index (χ2v) is 6.89. The molecule has 3 aliphatic heterocycles. The van der Waals surface area contributed by atoms with Crippen LogP contribution in [0, 0.1) is 23.2 Å². The molecule has 3 heterocycles. The number of carbonyl (C=O) groups excluding carboxylic acids is 2. The maximum Gasteiger partial charge on any atom is 0.238 e. The molecule has 0 unspecified atom stereocenters. The van der Waals surface area contributed by atoms with Crippen LogP contribution < -0.4 is 4.74 Å². The highest BCUT2D eigenvalue weighted by molar-refractivity contribution is 6.07. The van der Waals surface area contributed by atoms with Gasteiger partial charge in [0.05, 0.1) is 30.3 Å². The number of benzene rings is 1. The number of fused-ring (bicyclic) bond motifs is 3. The number of imide groups is 1. The predicted molar refractivity (Wildman–Crippen MR) is 94.6 cm³/mol. The standard InChI is InChI=1S/C19H19N5O3/c1-23-18(25)15-14-4-3-9-24(14)17(16(15)19(23)26)13(10-20)22-21-11-5-7-12(27-2)8-6-11/h5-8,14-16H,3-4,9H2,1-2H3/b17-13-,22-21?/t14-,15+,16+/m1/s1. The summed E-state index contributed by atoms with van der Waals surface area (Å²) in [6.07, 6.45) is 1.77. The molecule has 0 saturated carbocycles. The van der Waals surface area contributed by atoms with E-state index in [-0.39, 0.29) is 23.6 Å². The minimum absolute atomic E-state index is 0.0362. The number of hydrogen-bond donors (Lipinski definition) is 0. The molecule has 1 aromatic carbocycles. The first kappa shape index (κ1) is 17.2. The van der Waals surface area contributed by atoms with E-state index in [2.05, 4.69) is 16.3 Å². The predicted octanol–water partition coefficient (Wildman–Crippen LogP) is 2.22. The van der Waals surface area contributed by atoms with Gasteiger partial charge in [0.2, 0.25) is 11.8 Å². The summed E-state index contributed by atoms with van der Waals surface area (Å²) < 4.78 is 5.11. The van der Waals surface area contributed by atoms with Crippen LogP contribution in [0.4, 0.5) is 5.69 Å². The Bertz CT molecular complexity index is 899. The van der Waals surface area contributed by atoms with Gasteiger partial charge in [-0.3, -0.25) is 14.5 Å². The van der Waals surface area contributed by atoms with Crippen LogP contribution in [-0.4, -0.2) is 48.4 Å². The van der Waals surface area contributed by atoms with Crippen LogP contribution in [-0.2, 0) is 9.59 Å². The number of azo groups is 1. The summed E-state index contributed by atoms with van der Waals surface area (Å²) in [4.78, 5) is 28.4. The summed E-state index contributed by atoms with van der Waals surface area (Å²) in [5, 5.41) is 18.0. The Morgan fingerprint density at radius 3 is 2.67 bits per heavy atom. The number of carbonyl (C=O) groups is 2. The summed E-state index contributed by atoms with van der Waals surface area (Å²) in [6, 6.07) is 9.02. The van der Waals surface area contributed by atoms with E-state index in [1.807, 2.05) is 4.90 Å². The molecule has 0 N–H and O–H groups in total. The number of amides is 2. The van der Waals surface area contributed by atoms with Crippen molar-refractivity contribution in [3.05, 3.63) is 35.7 Å². The average molecular weight is 365 g/mol. The van der Waals surface area contributed by atoms with Crippen molar-refractivity contribution in [3.63, 3.8) is 0 Å². The quantitative estimate of drug-likeness (QED) is 0.465. The van der Waals surface area contributed by atoms with E-state index in [0.29, 0.717) is 17.1 Å². The zero-order chi connectivity index (χ0) is 19.1. The Morgan fingerprint density at radius 2 is 2.00 bits per heavy atom. The Labute approximate surface area is 156 Å². The van der Waals surface area contributed by atoms with Gasteiger partial charge in [-0.15, -0.1) is 10.2 Å². The number of nitriles is 1. The number of allylic oxidation sites excluding steroid dienone is 1. The Balaban J connectivity index is 1.73. The van der Waals surface area contributed by atoms with Crippen LogP contribution in [0.25, 0.3) is 0 Å². The molecule has 0 spiro atoms. The minimum Gasteiger partial charge on any atom is -0.497 e. The average Bonchev–Trinajstić information content (AvgIpc) is 3.33. The van der Waals surface area contributed by atoms with Crippen LogP contribution in [0.15, 0.2) is 45.9 Å². The molecule has 0 aliphatic carbocycles. The summed E-state index contributed by atoms with van der Waals surface area (Å²) in [5.41, 5.74) is 1.22. The molecule has 3 fully saturated rings. The lowest BCUT2D eigenvalue weighted by molar-refractivity contribution is -0.138. The summed E-state index contributed by atoms with van der Waals surface area (Å²) >= 11 is 0. The van der Waals surface area contributed by atoms with Crippen molar-refractivity contribution in [1.82, 2.24) is 9.80 Å². The fraction of sp³-hybridized carbons (Fsp3) is 0.421. The monoisotopic (exact) mass is 365 g/mol. The van der Waals surface area contributed by atoms with E-state index in [9.17, 15) is 14.9 Å². The van der Waals surface area contributed by atoms with Crippen molar-refractivity contribution in [3.8, 4) is 11.8 Å². The molecule has 3 aliphatic rings. The Hall–Kier alpha value is -3.21. The first-order chi connectivity index (χ1) is 13.1. The van der Waals surface area contributed by atoms with E-state index in [0.717, 1.165) is 19.4 Å². The second-order valence-electron chi connectivity index (χ2n) is 6.89. The van der Waals surface area contributed by atoms with E-state index in [1.54, 1.807) is 31.4 Å². The van der Waals surface area contributed by atoms with E-state index in [1.165, 1.54) is 11.9 Å². The van der Waals surface area contributed by atoms with Gasteiger partial charge in [-0.05, 0) is 37.1 Å². The zero-order valence-corrected chi connectivity index (χ0v) is 15.1. The molecule has 0 aromatic heterocycles. The molecule has 1 aromatic rings. The van der Waals surface area contributed by atoms with E-state index >= 15 is 0 Å². The smallest absolute Gasteiger partial charge is 0.238 e. The van der Waals surface area contributed by atoms with Gasteiger partial charge in [-0.25, -0.2) is 0 Å². The van der Waals surface area contributed by atoms with Gasteiger partial charge < -0.3 is 9.64 Å². The fourth-order valence-corrected chi connectivity index (χ4v) is 4.33. The molecule has 3 atom stereocenters. The van der Waals surface area contributed by atoms with Crippen molar-refractivity contribution >= 4 is 17.5 Å². The number of likely N-dealkylation sites (tertiary alicyclic amines) is 1. The molecule has 3 saturated heterocycles. The number of hydrogen-bond acceptors (Lipinski definition) is 7. The van der Waals surface area contributed by atoms with Gasteiger partial charge in [0.15, 0.2) is 5.70 Å². The van der Waals surface area contributed by atoms with Gasteiger partial charge in [0.1, 0.15) is 11.8 Å². The van der Waals surface area contributed by atoms with Crippen molar-refractivity contribution in [2.45, 2.75) is 18.9 Å². The van der Waals surface area contributed by atoms with Crippen LogP contribution in [0.1, 0.15) is 12.8 Å². The van der Waals surface area contributed by atoms with Crippen LogP contribution in [0.2, 0.25) is 0 Å². The third-order valence-corrected chi connectivity index (χ3v) is 5.58. The molecule has 8 heteroatoms. The number of rotatable bonds is 3. The lowest BCUT2D eigenvalue weighted by Crippen LogP contribution is -2.35. The summed E-state index contributed by atoms with van der Waals surface area (Å²) in [7, 11) is 3.08. The van der Waals surface area contributed by atoms with Gasteiger partial charge in [0, 0.05) is 19.6 Å². The molecular formula is C19H19N5O3. The molecule has 2 amide bonds. The lowest BCUT2D eigenvalue weighted by atomic mass is 9.89. The second kappa shape index (κ2) is 6.50.